The fourth-order valence-corrected chi connectivity index (χ4v) is 3.96. The molecule has 0 radical (unpaired) electrons. The van der Waals surface area contributed by atoms with Gasteiger partial charge in [0.15, 0.2) is 10.9 Å². The molecule has 180 valence electrons. The molecule has 10 heteroatoms. The highest BCUT2D eigenvalue weighted by atomic mass is 35.5. The molecule has 0 aliphatic carbocycles. The van der Waals surface area contributed by atoms with E-state index in [0.717, 1.165) is 23.7 Å². The van der Waals surface area contributed by atoms with Crippen LogP contribution < -0.4 is 10.6 Å². The first-order valence-corrected chi connectivity index (χ1v) is 11.5. The number of rotatable bonds is 7. The first kappa shape index (κ1) is 24.7. The minimum absolute atomic E-state index is 0.0609. The molecule has 0 aliphatic heterocycles. The molecular formula is C25H22ClF2N5OS. The normalized spacial score (nSPS) is 12.3. The summed E-state index contributed by atoms with van der Waals surface area (Å²) in [6.45, 7) is 0.684. The number of thiocarbonyl (C=S) groups is 1. The lowest BCUT2D eigenvalue weighted by molar-refractivity contribution is 0.0175. The van der Waals surface area contributed by atoms with Gasteiger partial charge in [-0.2, -0.15) is 0 Å². The number of aromatic nitrogens is 3. The Hall–Kier alpha value is -3.40. The SMILES string of the molecule is CC(F)(F)c1ccc(-n2cnc(-c3ccc(NC(=S)NC(CO)c4ccccc4Cl)cc3)n2)cc1. The van der Waals surface area contributed by atoms with Gasteiger partial charge in [0.25, 0.3) is 5.92 Å². The minimum atomic E-state index is -2.90. The summed E-state index contributed by atoms with van der Waals surface area (Å²) in [5, 5.41) is 21.2. The molecule has 35 heavy (non-hydrogen) atoms. The van der Waals surface area contributed by atoms with Crippen molar-refractivity contribution < 1.29 is 13.9 Å². The fraction of sp³-hybridized carbons (Fsp3) is 0.160. The highest BCUT2D eigenvalue weighted by molar-refractivity contribution is 7.80. The highest BCUT2D eigenvalue weighted by Gasteiger charge is 2.23. The van der Waals surface area contributed by atoms with Crippen LogP contribution in [0.2, 0.25) is 5.02 Å². The average molecular weight is 514 g/mol. The van der Waals surface area contributed by atoms with Gasteiger partial charge in [-0.3, -0.25) is 0 Å². The summed E-state index contributed by atoms with van der Waals surface area (Å²) >= 11 is 11.6. The number of anilines is 1. The molecule has 0 fully saturated rings. The van der Waals surface area contributed by atoms with Gasteiger partial charge < -0.3 is 15.7 Å². The van der Waals surface area contributed by atoms with Crippen LogP contribution in [0, 0.1) is 0 Å². The number of aliphatic hydroxyl groups is 1. The second-order valence-corrected chi connectivity index (χ2v) is 8.70. The molecule has 4 aromatic rings. The van der Waals surface area contributed by atoms with Crippen molar-refractivity contribution in [3.05, 3.63) is 95.3 Å². The van der Waals surface area contributed by atoms with Crippen molar-refractivity contribution in [2.45, 2.75) is 18.9 Å². The first-order valence-electron chi connectivity index (χ1n) is 10.7. The predicted molar refractivity (Wildman–Crippen MR) is 137 cm³/mol. The van der Waals surface area contributed by atoms with E-state index in [1.807, 2.05) is 42.5 Å². The average Bonchev–Trinajstić information content (AvgIpc) is 3.33. The summed E-state index contributed by atoms with van der Waals surface area (Å²) in [6.07, 6.45) is 1.53. The first-order chi connectivity index (χ1) is 16.7. The molecule has 3 aromatic carbocycles. The van der Waals surface area contributed by atoms with E-state index >= 15 is 0 Å². The zero-order chi connectivity index (χ0) is 25.0. The van der Waals surface area contributed by atoms with E-state index in [-0.39, 0.29) is 12.2 Å². The molecular weight excluding hydrogens is 492 g/mol. The fourth-order valence-electron chi connectivity index (χ4n) is 3.43. The molecule has 1 unspecified atom stereocenters. The lowest BCUT2D eigenvalue weighted by atomic mass is 10.1. The maximum Gasteiger partial charge on any atom is 0.270 e. The summed E-state index contributed by atoms with van der Waals surface area (Å²) < 4.78 is 28.4. The quantitative estimate of drug-likeness (QED) is 0.274. The Morgan fingerprint density at radius 3 is 2.40 bits per heavy atom. The Morgan fingerprint density at radius 1 is 1.09 bits per heavy atom. The summed E-state index contributed by atoms with van der Waals surface area (Å²) in [6, 6.07) is 20.0. The van der Waals surface area contributed by atoms with Crippen molar-refractivity contribution in [2.75, 3.05) is 11.9 Å². The lowest BCUT2D eigenvalue weighted by Gasteiger charge is -2.20. The van der Waals surface area contributed by atoms with Gasteiger partial charge in [0.1, 0.15) is 6.33 Å². The van der Waals surface area contributed by atoms with Crippen molar-refractivity contribution in [3.8, 4) is 17.1 Å². The summed E-state index contributed by atoms with van der Waals surface area (Å²) in [5.74, 6) is -2.41. The zero-order valence-corrected chi connectivity index (χ0v) is 20.2. The van der Waals surface area contributed by atoms with Crippen LogP contribution in [0.3, 0.4) is 0 Å². The predicted octanol–water partition coefficient (Wildman–Crippen LogP) is 5.72. The van der Waals surface area contributed by atoms with Gasteiger partial charge in [0.05, 0.1) is 18.3 Å². The van der Waals surface area contributed by atoms with Crippen molar-refractivity contribution >= 4 is 34.6 Å². The largest absolute Gasteiger partial charge is 0.394 e. The third kappa shape index (κ3) is 6.00. The molecule has 0 aliphatic rings. The van der Waals surface area contributed by atoms with E-state index in [4.69, 9.17) is 23.8 Å². The Morgan fingerprint density at radius 2 is 1.77 bits per heavy atom. The van der Waals surface area contributed by atoms with Gasteiger partial charge >= 0.3 is 0 Å². The van der Waals surface area contributed by atoms with Crippen LogP contribution in [-0.4, -0.2) is 31.6 Å². The molecule has 1 aromatic heterocycles. The molecule has 0 saturated heterocycles. The summed E-state index contributed by atoms with van der Waals surface area (Å²) in [5.41, 5.74) is 2.82. The lowest BCUT2D eigenvalue weighted by Crippen LogP contribution is -2.34. The van der Waals surface area contributed by atoms with Crippen LogP contribution in [-0.2, 0) is 5.92 Å². The monoisotopic (exact) mass is 513 g/mol. The Labute approximate surface area is 211 Å². The second-order valence-electron chi connectivity index (χ2n) is 7.88. The van der Waals surface area contributed by atoms with Gasteiger partial charge in [-0.1, -0.05) is 41.9 Å². The maximum atomic E-state index is 13.4. The van der Waals surface area contributed by atoms with Crippen LogP contribution in [0.25, 0.3) is 17.1 Å². The van der Waals surface area contributed by atoms with Crippen LogP contribution in [0.5, 0.6) is 0 Å². The van der Waals surface area contributed by atoms with E-state index < -0.39 is 12.0 Å². The maximum absolute atomic E-state index is 13.4. The van der Waals surface area contributed by atoms with Crippen molar-refractivity contribution in [2.24, 2.45) is 0 Å². The van der Waals surface area contributed by atoms with Crippen molar-refractivity contribution in [1.82, 2.24) is 20.1 Å². The molecule has 0 bridgehead atoms. The Bertz CT molecular complexity index is 1310. The Kier molecular flexibility index (Phi) is 7.39. The molecule has 6 nitrogen and oxygen atoms in total. The van der Waals surface area contributed by atoms with E-state index in [1.165, 1.54) is 23.1 Å². The molecule has 0 spiro atoms. The van der Waals surface area contributed by atoms with Crippen LogP contribution in [0.4, 0.5) is 14.5 Å². The third-order valence-electron chi connectivity index (χ3n) is 5.30. The summed E-state index contributed by atoms with van der Waals surface area (Å²) in [4.78, 5) is 4.32. The van der Waals surface area contributed by atoms with Gasteiger partial charge in [-0.05, 0) is 60.2 Å². The topological polar surface area (TPSA) is 75.0 Å². The Balaban J connectivity index is 1.41. The number of nitrogens with zero attached hydrogens (tertiary/aromatic N) is 3. The standard InChI is InChI=1S/C25H22ClF2N5OS/c1-25(27,28)17-8-12-19(13-9-17)33-15-29-23(32-33)16-6-10-18(11-7-16)30-24(35)31-22(14-34)20-4-2-3-5-21(20)26/h2-13,15,22,34H,14H2,1H3,(H2,30,31,35). The molecule has 1 atom stereocenters. The summed E-state index contributed by atoms with van der Waals surface area (Å²) in [7, 11) is 0. The third-order valence-corrected chi connectivity index (χ3v) is 5.86. The van der Waals surface area contributed by atoms with E-state index in [9.17, 15) is 13.9 Å². The number of alkyl halides is 2. The zero-order valence-electron chi connectivity index (χ0n) is 18.6. The number of halogens is 3. The smallest absolute Gasteiger partial charge is 0.270 e. The minimum Gasteiger partial charge on any atom is -0.394 e. The number of hydrogen-bond acceptors (Lipinski definition) is 4. The highest BCUT2D eigenvalue weighted by Crippen LogP contribution is 2.27. The molecule has 0 saturated carbocycles. The number of nitrogens with one attached hydrogen (secondary N) is 2. The van der Waals surface area contributed by atoms with Crippen LogP contribution >= 0.6 is 23.8 Å². The van der Waals surface area contributed by atoms with Crippen LogP contribution in [0.15, 0.2) is 79.1 Å². The van der Waals surface area contributed by atoms with Gasteiger partial charge in [0, 0.05) is 28.8 Å². The van der Waals surface area contributed by atoms with Crippen LogP contribution in [0.1, 0.15) is 24.1 Å². The van der Waals surface area contributed by atoms with Crippen molar-refractivity contribution in [3.63, 3.8) is 0 Å². The molecule has 1 heterocycles. The molecule has 4 rings (SSSR count). The molecule has 0 amide bonds. The second kappa shape index (κ2) is 10.5. The van der Waals surface area contributed by atoms with Gasteiger partial charge in [0.2, 0.25) is 0 Å². The molecule has 3 N–H and O–H groups in total. The number of benzene rings is 3. The number of aliphatic hydroxyl groups excluding tert-OH is 1. The van der Waals surface area contributed by atoms with Gasteiger partial charge in [-0.15, -0.1) is 5.10 Å². The van der Waals surface area contributed by atoms with E-state index in [0.29, 0.717) is 21.6 Å². The van der Waals surface area contributed by atoms with E-state index in [2.05, 4.69) is 20.7 Å². The number of hydrogen-bond donors (Lipinski definition) is 3. The van der Waals surface area contributed by atoms with E-state index in [1.54, 1.807) is 18.2 Å². The van der Waals surface area contributed by atoms with Crippen molar-refractivity contribution in [1.29, 1.82) is 0 Å². The van der Waals surface area contributed by atoms with Gasteiger partial charge in [-0.25, -0.2) is 18.4 Å².